The topological polar surface area (TPSA) is 37.4 Å². The summed E-state index contributed by atoms with van der Waals surface area (Å²) in [6.07, 6.45) is 16.8. The molecule has 0 saturated heterocycles. The Balaban J connectivity index is 4.45. The molecule has 0 rings (SSSR count). The first-order chi connectivity index (χ1) is 15.9. The summed E-state index contributed by atoms with van der Waals surface area (Å²) in [7, 11) is 0. The quantitative estimate of drug-likeness (QED) is 0.157. The highest BCUT2D eigenvalue weighted by Gasteiger charge is 2.17. The van der Waals surface area contributed by atoms with Crippen LogP contribution in [0.3, 0.4) is 0 Å². The number of hydrogen-bond acceptors (Lipinski definition) is 2. The van der Waals surface area contributed by atoms with Crippen LogP contribution in [0.5, 0.6) is 0 Å². The highest BCUT2D eigenvalue weighted by atomic mass is 16.2. The molecule has 3 heteroatoms. The Labute approximate surface area is 211 Å². The van der Waals surface area contributed by atoms with Crippen molar-refractivity contribution in [3.63, 3.8) is 0 Å². The van der Waals surface area contributed by atoms with Crippen LogP contribution < -0.4 is 0 Å². The molecule has 3 nitrogen and oxygen atoms in total. The van der Waals surface area contributed by atoms with Gasteiger partial charge in [0.15, 0.2) is 0 Å². The highest BCUT2D eigenvalue weighted by molar-refractivity contribution is 5.92. The second-order valence-corrected chi connectivity index (χ2v) is 10.9. The van der Waals surface area contributed by atoms with Crippen molar-refractivity contribution in [1.29, 1.82) is 0 Å². The lowest BCUT2D eigenvalue weighted by Gasteiger charge is -2.26. The van der Waals surface area contributed by atoms with Gasteiger partial charge in [-0.2, -0.15) is 0 Å². The van der Waals surface area contributed by atoms with E-state index < -0.39 is 0 Å². The fraction of sp³-hybridized carbons (Fsp3) is 0.677. The van der Waals surface area contributed by atoms with E-state index in [1.54, 1.807) is 6.92 Å². The molecule has 0 N–H and O–H groups in total. The number of nitrogens with zero attached hydrogens (tertiary/aromatic N) is 1. The number of ketones is 1. The molecule has 0 unspecified atom stereocenters. The lowest BCUT2D eigenvalue weighted by atomic mass is 10.0. The number of rotatable bonds is 17. The smallest absolute Gasteiger partial charge is 0.249 e. The Bertz CT molecular complexity index is 725. The molecule has 0 aliphatic rings. The molecule has 34 heavy (non-hydrogen) atoms. The maximum Gasteiger partial charge on any atom is 0.249 e. The molecule has 0 aromatic rings. The summed E-state index contributed by atoms with van der Waals surface area (Å²) in [4.78, 5) is 25.9. The number of hydrogen-bond donors (Lipinski definition) is 0. The zero-order valence-corrected chi connectivity index (χ0v) is 23.8. The lowest BCUT2D eigenvalue weighted by molar-refractivity contribution is -0.128. The number of carbonyl (C=O) groups is 2. The molecule has 0 spiro atoms. The summed E-state index contributed by atoms with van der Waals surface area (Å²) in [6, 6.07) is 0. The van der Waals surface area contributed by atoms with Crippen molar-refractivity contribution < 1.29 is 9.59 Å². The SMILES string of the molecule is CC(=O)CC/C=C(\C)CC/C=C(\C)CC/C=C(\C)CC/C=C(\C)C(=O)N(CC(C)C)CC(C)C. The largest absolute Gasteiger partial charge is 0.338 e. The normalized spacial score (nSPS) is 13.7. The molecule has 0 heterocycles. The van der Waals surface area contributed by atoms with Crippen molar-refractivity contribution in [3.05, 3.63) is 46.6 Å². The van der Waals surface area contributed by atoms with E-state index in [0.717, 1.165) is 63.6 Å². The van der Waals surface area contributed by atoms with Gasteiger partial charge >= 0.3 is 0 Å². The van der Waals surface area contributed by atoms with E-state index in [1.165, 1.54) is 16.7 Å². The van der Waals surface area contributed by atoms with Crippen molar-refractivity contribution in [3.8, 4) is 0 Å². The van der Waals surface area contributed by atoms with Crippen LogP contribution in [-0.4, -0.2) is 29.7 Å². The van der Waals surface area contributed by atoms with Crippen LogP contribution in [0.15, 0.2) is 46.6 Å². The molecule has 0 atom stereocenters. The van der Waals surface area contributed by atoms with Crippen LogP contribution in [0.1, 0.15) is 114 Å². The van der Waals surface area contributed by atoms with E-state index in [4.69, 9.17) is 0 Å². The van der Waals surface area contributed by atoms with Gasteiger partial charge in [0.25, 0.3) is 0 Å². The average Bonchev–Trinajstić information content (AvgIpc) is 2.71. The highest BCUT2D eigenvalue weighted by Crippen LogP contribution is 2.15. The first kappa shape index (κ1) is 32.1. The van der Waals surface area contributed by atoms with Gasteiger partial charge in [-0.3, -0.25) is 4.79 Å². The lowest BCUT2D eigenvalue weighted by Crippen LogP contribution is -2.37. The monoisotopic (exact) mass is 471 g/mol. The van der Waals surface area contributed by atoms with Gasteiger partial charge in [0.05, 0.1) is 0 Å². The second kappa shape index (κ2) is 18.4. The summed E-state index contributed by atoms with van der Waals surface area (Å²) < 4.78 is 0. The van der Waals surface area contributed by atoms with Gasteiger partial charge < -0.3 is 9.69 Å². The standard InChI is InChI=1S/C31H53NO2/c1-24(2)22-32(23-25(3)4)31(34)29(8)20-12-18-27(6)16-10-14-26(5)15-11-17-28(7)19-13-21-30(9)33/h15-16,19-20,24-25H,10-14,17-18,21-23H2,1-9H3/b26-15+,27-16+,28-19+,29-20+. The van der Waals surface area contributed by atoms with E-state index in [2.05, 4.69) is 72.8 Å². The first-order valence-corrected chi connectivity index (χ1v) is 13.3. The van der Waals surface area contributed by atoms with E-state index in [9.17, 15) is 9.59 Å². The molecule has 0 aliphatic heterocycles. The Morgan fingerprint density at radius 1 is 0.588 bits per heavy atom. The molecule has 0 aliphatic carbocycles. The Hall–Kier alpha value is -1.90. The third-order valence-electron chi connectivity index (χ3n) is 5.84. The number of Topliss-reactive ketones (excluding diaryl/α,β-unsaturated/α-hetero) is 1. The minimum Gasteiger partial charge on any atom is -0.338 e. The first-order valence-electron chi connectivity index (χ1n) is 13.3. The van der Waals surface area contributed by atoms with Crippen molar-refractivity contribution in [1.82, 2.24) is 4.90 Å². The van der Waals surface area contributed by atoms with Crippen LogP contribution >= 0.6 is 0 Å². The Kier molecular flexibility index (Phi) is 17.4. The fourth-order valence-corrected chi connectivity index (χ4v) is 3.90. The van der Waals surface area contributed by atoms with Gasteiger partial charge in [-0.1, -0.05) is 68.7 Å². The van der Waals surface area contributed by atoms with E-state index >= 15 is 0 Å². The molecule has 0 saturated carbocycles. The molecule has 1 amide bonds. The van der Waals surface area contributed by atoms with Gasteiger partial charge in [-0.05, 0) is 91.4 Å². The molecule has 194 valence electrons. The van der Waals surface area contributed by atoms with Gasteiger partial charge in [-0.15, -0.1) is 0 Å². The van der Waals surface area contributed by atoms with Crippen molar-refractivity contribution in [2.75, 3.05) is 13.1 Å². The van der Waals surface area contributed by atoms with Gasteiger partial charge in [0.1, 0.15) is 5.78 Å². The minimum atomic E-state index is 0.189. The van der Waals surface area contributed by atoms with Crippen molar-refractivity contribution in [2.45, 2.75) is 114 Å². The average molecular weight is 472 g/mol. The molecular weight excluding hydrogens is 418 g/mol. The summed E-state index contributed by atoms with van der Waals surface area (Å²) >= 11 is 0. The Morgan fingerprint density at radius 3 is 1.29 bits per heavy atom. The summed E-state index contributed by atoms with van der Waals surface area (Å²) in [6.45, 7) is 20.5. The molecule has 0 fully saturated rings. The van der Waals surface area contributed by atoms with Crippen molar-refractivity contribution >= 4 is 11.7 Å². The summed E-state index contributed by atoms with van der Waals surface area (Å²) in [5.41, 5.74) is 5.09. The van der Waals surface area contributed by atoms with Crippen LogP contribution in [0.2, 0.25) is 0 Å². The maximum atomic E-state index is 12.9. The van der Waals surface area contributed by atoms with E-state index in [-0.39, 0.29) is 11.7 Å². The summed E-state index contributed by atoms with van der Waals surface area (Å²) in [5, 5.41) is 0. The predicted molar refractivity (Wildman–Crippen MR) is 149 cm³/mol. The zero-order valence-electron chi connectivity index (χ0n) is 23.8. The van der Waals surface area contributed by atoms with Crippen molar-refractivity contribution in [2.24, 2.45) is 11.8 Å². The van der Waals surface area contributed by atoms with Gasteiger partial charge in [0, 0.05) is 25.1 Å². The van der Waals surface area contributed by atoms with Crippen LogP contribution in [0, 0.1) is 11.8 Å². The molecular formula is C31H53NO2. The van der Waals surface area contributed by atoms with Gasteiger partial charge in [0.2, 0.25) is 5.91 Å². The predicted octanol–water partition coefficient (Wildman–Crippen LogP) is 8.62. The molecule has 0 aromatic carbocycles. The molecule has 0 bridgehead atoms. The number of allylic oxidation sites excluding steroid dienone is 7. The minimum absolute atomic E-state index is 0.189. The fourth-order valence-electron chi connectivity index (χ4n) is 3.90. The number of amides is 1. The van der Waals surface area contributed by atoms with Crippen LogP contribution in [0.4, 0.5) is 0 Å². The summed E-state index contributed by atoms with van der Waals surface area (Å²) in [5.74, 6) is 1.42. The number of carbonyl (C=O) groups excluding carboxylic acids is 2. The van der Waals surface area contributed by atoms with E-state index in [1.807, 2.05) is 11.8 Å². The Morgan fingerprint density at radius 2 is 0.941 bits per heavy atom. The third kappa shape index (κ3) is 17.6. The molecule has 0 aromatic heterocycles. The van der Waals surface area contributed by atoms with Crippen LogP contribution in [0.25, 0.3) is 0 Å². The maximum absolute atomic E-state index is 12.9. The van der Waals surface area contributed by atoms with E-state index in [0.29, 0.717) is 18.3 Å². The zero-order chi connectivity index (χ0) is 26.1. The van der Waals surface area contributed by atoms with Crippen LogP contribution in [-0.2, 0) is 9.59 Å². The third-order valence-corrected chi connectivity index (χ3v) is 5.84. The molecule has 0 radical (unpaired) electrons. The van der Waals surface area contributed by atoms with Gasteiger partial charge in [-0.25, -0.2) is 0 Å². The second-order valence-electron chi connectivity index (χ2n) is 10.9.